The molecule has 0 spiro atoms. The summed E-state index contributed by atoms with van der Waals surface area (Å²) in [6, 6.07) is 8.52. The van der Waals surface area contributed by atoms with Crippen molar-refractivity contribution in [1.82, 2.24) is 34.7 Å². The zero-order valence-electron chi connectivity index (χ0n) is 18.4. The summed E-state index contributed by atoms with van der Waals surface area (Å²) in [5.74, 6) is -1.000. The van der Waals surface area contributed by atoms with Crippen LogP contribution >= 0.6 is 0 Å². The number of hydrogen-bond donors (Lipinski definition) is 1. The first-order valence-electron chi connectivity index (χ1n) is 10.7. The van der Waals surface area contributed by atoms with E-state index in [1.165, 1.54) is 7.05 Å². The predicted molar refractivity (Wildman–Crippen MR) is 117 cm³/mol. The van der Waals surface area contributed by atoms with Gasteiger partial charge in [-0.2, -0.15) is 14.8 Å². The third kappa shape index (κ3) is 4.91. The number of morpholine rings is 1. The van der Waals surface area contributed by atoms with Gasteiger partial charge in [-0.15, -0.1) is 0 Å². The van der Waals surface area contributed by atoms with Gasteiger partial charge in [0, 0.05) is 32.7 Å². The van der Waals surface area contributed by atoms with Crippen LogP contribution in [0.5, 0.6) is 0 Å². The molecule has 1 aliphatic heterocycles. The van der Waals surface area contributed by atoms with Crippen molar-refractivity contribution in [2.45, 2.75) is 19.4 Å². The molecule has 1 aliphatic rings. The summed E-state index contributed by atoms with van der Waals surface area (Å²) < 4.78 is 12.4. The number of carbonyl (C=O) groups is 1. The van der Waals surface area contributed by atoms with Crippen molar-refractivity contribution in [3.8, 4) is 17.2 Å². The molecule has 3 heterocycles. The van der Waals surface area contributed by atoms with Gasteiger partial charge in [0.25, 0.3) is 5.56 Å². The fourth-order valence-electron chi connectivity index (χ4n) is 3.48. The van der Waals surface area contributed by atoms with Crippen molar-refractivity contribution in [2.24, 2.45) is 7.05 Å². The molecule has 0 bridgehead atoms. The van der Waals surface area contributed by atoms with Gasteiger partial charge in [0.1, 0.15) is 0 Å². The summed E-state index contributed by atoms with van der Waals surface area (Å²) in [5.41, 5.74) is -1.05. The summed E-state index contributed by atoms with van der Waals surface area (Å²) in [6.45, 7) is 5.61. The second kappa shape index (κ2) is 9.88. The molecule has 174 valence electrons. The molecule has 12 nitrogen and oxygen atoms in total. The summed E-state index contributed by atoms with van der Waals surface area (Å²) >= 11 is 0. The maximum Gasteiger partial charge on any atom is 0.351 e. The number of rotatable bonds is 7. The molecule has 0 saturated carbocycles. The number of benzene rings is 1. The van der Waals surface area contributed by atoms with Crippen LogP contribution in [0.4, 0.5) is 0 Å². The number of nitrogens with one attached hydrogen (secondary N) is 1. The molecule has 12 heteroatoms. The van der Waals surface area contributed by atoms with Gasteiger partial charge >= 0.3 is 17.5 Å². The van der Waals surface area contributed by atoms with E-state index in [9.17, 15) is 14.4 Å². The summed E-state index contributed by atoms with van der Waals surface area (Å²) in [4.78, 5) is 44.1. The third-order valence-corrected chi connectivity index (χ3v) is 5.42. The van der Waals surface area contributed by atoms with Crippen molar-refractivity contribution in [3.05, 3.63) is 57.1 Å². The molecule has 3 aromatic rings. The molecule has 1 atom stereocenters. The van der Waals surface area contributed by atoms with E-state index >= 15 is 0 Å². The van der Waals surface area contributed by atoms with Crippen molar-refractivity contribution in [3.63, 3.8) is 0 Å². The quantitative estimate of drug-likeness (QED) is 0.514. The van der Waals surface area contributed by atoms with Gasteiger partial charge in [0.15, 0.2) is 5.69 Å². The number of carbonyl (C=O) groups excluding carboxylic acids is 1. The van der Waals surface area contributed by atoms with Crippen LogP contribution < -0.4 is 16.6 Å². The topological polar surface area (TPSA) is 137 Å². The lowest BCUT2D eigenvalue weighted by Crippen LogP contribution is -2.47. The van der Waals surface area contributed by atoms with E-state index in [1.54, 1.807) is 30.3 Å². The zero-order valence-corrected chi connectivity index (χ0v) is 18.4. The third-order valence-electron chi connectivity index (χ3n) is 5.42. The van der Waals surface area contributed by atoms with Gasteiger partial charge in [0.05, 0.1) is 18.9 Å². The minimum absolute atomic E-state index is 0.114. The van der Waals surface area contributed by atoms with Gasteiger partial charge in [-0.1, -0.05) is 30.3 Å². The highest BCUT2D eigenvalue weighted by atomic mass is 16.5. The van der Waals surface area contributed by atoms with Gasteiger partial charge in [0.2, 0.25) is 5.82 Å². The number of ether oxygens (including phenoxy) is 1. The second-order valence-electron chi connectivity index (χ2n) is 7.66. The van der Waals surface area contributed by atoms with Crippen molar-refractivity contribution < 1.29 is 14.1 Å². The van der Waals surface area contributed by atoms with Gasteiger partial charge in [-0.3, -0.25) is 19.1 Å². The Labute approximate surface area is 188 Å². The Bertz CT molecular complexity index is 1230. The Morgan fingerprint density at radius 1 is 1.18 bits per heavy atom. The fraction of sp³-hybridized carbons (Fsp3) is 0.429. The van der Waals surface area contributed by atoms with Gasteiger partial charge in [-0.05, 0) is 18.6 Å². The molecule has 0 unspecified atom stereocenters. The summed E-state index contributed by atoms with van der Waals surface area (Å²) in [7, 11) is 1.33. The Morgan fingerprint density at radius 3 is 2.61 bits per heavy atom. The Kier molecular flexibility index (Phi) is 6.75. The molecule has 2 aromatic heterocycles. The van der Waals surface area contributed by atoms with Gasteiger partial charge < -0.3 is 14.6 Å². The van der Waals surface area contributed by atoms with E-state index in [0.717, 1.165) is 22.3 Å². The fourth-order valence-corrected chi connectivity index (χ4v) is 3.48. The maximum atomic E-state index is 12.7. The molecule has 0 aliphatic carbocycles. The first kappa shape index (κ1) is 22.6. The first-order chi connectivity index (χ1) is 16.0. The molecule has 1 aromatic carbocycles. The molecular formula is C21H25N7O5. The van der Waals surface area contributed by atoms with Crippen LogP contribution in [0.3, 0.4) is 0 Å². The summed E-state index contributed by atoms with van der Waals surface area (Å²) in [5, 5.41) is 10.8. The van der Waals surface area contributed by atoms with Crippen LogP contribution in [0, 0.1) is 0 Å². The lowest BCUT2D eigenvalue weighted by Gasteiger charge is -2.30. The summed E-state index contributed by atoms with van der Waals surface area (Å²) in [6.07, 6.45) is 0.716. The minimum Gasteiger partial charge on any atom is -0.379 e. The monoisotopic (exact) mass is 455 g/mol. The average Bonchev–Trinajstić information content (AvgIpc) is 3.34. The van der Waals surface area contributed by atoms with E-state index < -0.39 is 17.2 Å². The number of nitrogens with zero attached hydrogens (tertiary/aromatic N) is 6. The van der Waals surface area contributed by atoms with Gasteiger partial charge in [-0.25, -0.2) is 4.79 Å². The molecule has 0 radical (unpaired) electrons. The largest absolute Gasteiger partial charge is 0.379 e. The Balaban J connectivity index is 1.56. The number of aromatic nitrogens is 5. The molecule has 1 N–H and O–H groups in total. The first-order valence-corrected chi connectivity index (χ1v) is 10.7. The highest BCUT2D eigenvalue weighted by Gasteiger charge is 2.24. The molecular weight excluding hydrogens is 430 g/mol. The van der Waals surface area contributed by atoms with Crippen LogP contribution in [0.1, 0.15) is 24.0 Å². The SMILES string of the molecule is CC[C@H](CN1CCOCC1)NC(=O)c1nc(-c2nn(-c3ccccc3)c(=O)n(C)c2=O)no1. The van der Waals surface area contributed by atoms with E-state index in [0.29, 0.717) is 31.9 Å². The highest BCUT2D eigenvalue weighted by Crippen LogP contribution is 2.10. The van der Waals surface area contributed by atoms with Crippen LogP contribution in [-0.4, -0.2) is 74.2 Å². The lowest BCUT2D eigenvalue weighted by atomic mass is 10.2. The molecule has 4 rings (SSSR count). The minimum atomic E-state index is -0.696. The number of para-hydroxylation sites is 1. The zero-order chi connectivity index (χ0) is 23.4. The van der Waals surface area contributed by atoms with Crippen molar-refractivity contribution >= 4 is 5.91 Å². The van der Waals surface area contributed by atoms with Crippen LogP contribution in [0.25, 0.3) is 17.2 Å². The van der Waals surface area contributed by atoms with E-state index in [2.05, 4.69) is 25.5 Å². The second-order valence-corrected chi connectivity index (χ2v) is 7.66. The predicted octanol–water partition coefficient (Wildman–Crippen LogP) is -0.178. The van der Waals surface area contributed by atoms with Crippen LogP contribution in [0.15, 0.2) is 44.4 Å². The van der Waals surface area contributed by atoms with E-state index in [1.807, 2.05) is 6.92 Å². The van der Waals surface area contributed by atoms with Crippen LogP contribution in [0.2, 0.25) is 0 Å². The molecule has 1 fully saturated rings. The standard InChI is InChI=1S/C21H25N7O5/c1-3-14(13-27-9-11-32-12-10-27)22-18(29)19-23-17(25-33-19)16-20(30)26(2)21(31)28(24-16)15-7-5-4-6-8-15/h4-8,14H,3,9-13H2,1-2H3,(H,22,29)/t14-/m1/s1. The average molecular weight is 455 g/mol. The van der Waals surface area contributed by atoms with Crippen molar-refractivity contribution in [2.75, 3.05) is 32.8 Å². The smallest absolute Gasteiger partial charge is 0.351 e. The molecule has 33 heavy (non-hydrogen) atoms. The van der Waals surface area contributed by atoms with Crippen molar-refractivity contribution in [1.29, 1.82) is 0 Å². The maximum absolute atomic E-state index is 12.7. The normalized spacial score (nSPS) is 15.3. The van der Waals surface area contributed by atoms with Crippen LogP contribution in [-0.2, 0) is 11.8 Å². The Hall–Kier alpha value is -3.64. The van der Waals surface area contributed by atoms with E-state index in [4.69, 9.17) is 9.26 Å². The Morgan fingerprint density at radius 2 is 1.91 bits per heavy atom. The molecule has 1 amide bonds. The highest BCUT2D eigenvalue weighted by molar-refractivity contribution is 5.90. The number of hydrogen-bond acceptors (Lipinski definition) is 9. The lowest BCUT2D eigenvalue weighted by molar-refractivity contribution is 0.0330. The van der Waals surface area contributed by atoms with E-state index in [-0.39, 0.29) is 23.5 Å². The molecule has 1 saturated heterocycles. The number of amides is 1.